The molecule has 0 spiro atoms. The van der Waals surface area contributed by atoms with Gasteiger partial charge in [-0.15, -0.1) is 0 Å². The van der Waals surface area contributed by atoms with Crippen molar-refractivity contribution >= 4 is 10.0 Å². The summed E-state index contributed by atoms with van der Waals surface area (Å²) < 4.78 is 32.0. The second-order valence-corrected chi connectivity index (χ2v) is 10.7. The van der Waals surface area contributed by atoms with E-state index in [1.807, 2.05) is 6.07 Å². The summed E-state index contributed by atoms with van der Waals surface area (Å²) in [5.41, 5.74) is 1.29. The van der Waals surface area contributed by atoms with Crippen LogP contribution in [0.3, 0.4) is 0 Å². The lowest BCUT2D eigenvalue weighted by molar-refractivity contribution is 0.0683. The molecule has 1 unspecified atom stereocenters. The van der Waals surface area contributed by atoms with Crippen LogP contribution in [-0.2, 0) is 16.6 Å². The van der Waals surface area contributed by atoms with Gasteiger partial charge in [-0.2, -0.15) is 0 Å². The Bertz CT molecular complexity index is 712. The number of hydrogen-bond acceptors (Lipinski definition) is 4. The Morgan fingerprint density at radius 2 is 1.85 bits per heavy atom. The SMILES string of the molecule is COc1cccc(CN2CCCCC2C2CCN(S(=O)(=O)C(C)C)CC2)c1. The predicted molar refractivity (Wildman–Crippen MR) is 109 cm³/mol. The Labute approximate surface area is 164 Å². The van der Waals surface area contributed by atoms with Crippen molar-refractivity contribution in [2.24, 2.45) is 5.92 Å². The lowest BCUT2D eigenvalue weighted by Gasteiger charge is -2.43. The third-order valence-corrected chi connectivity index (χ3v) is 8.46. The fourth-order valence-corrected chi connectivity index (χ4v) is 5.88. The van der Waals surface area contributed by atoms with E-state index < -0.39 is 10.0 Å². The van der Waals surface area contributed by atoms with Gasteiger partial charge in [0.2, 0.25) is 10.0 Å². The molecule has 0 N–H and O–H groups in total. The zero-order valence-electron chi connectivity index (χ0n) is 16.9. The molecule has 2 heterocycles. The number of likely N-dealkylation sites (tertiary alicyclic amines) is 1. The molecule has 0 saturated carbocycles. The highest BCUT2D eigenvalue weighted by Gasteiger charge is 2.36. The largest absolute Gasteiger partial charge is 0.497 e. The van der Waals surface area contributed by atoms with Crippen LogP contribution in [0.2, 0.25) is 0 Å². The molecule has 27 heavy (non-hydrogen) atoms. The number of hydrogen-bond donors (Lipinski definition) is 0. The lowest BCUT2D eigenvalue weighted by atomic mass is 9.84. The summed E-state index contributed by atoms with van der Waals surface area (Å²) in [5.74, 6) is 1.50. The Morgan fingerprint density at radius 3 is 2.52 bits per heavy atom. The molecule has 2 aliphatic rings. The van der Waals surface area contributed by atoms with E-state index in [9.17, 15) is 8.42 Å². The van der Waals surface area contributed by atoms with E-state index in [1.54, 1.807) is 25.3 Å². The third kappa shape index (κ3) is 4.84. The fraction of sp³-hybridized carbons (Fsp3) is 0.714. The molecule has 1 aromatic carbocycles. The maximum Gasteiger partial charge on any atom is 0.216 e. The van der Waals surface area contributed by atoms with Crippen LogP contribution in [0.15, 0.2) is 24.3 Å². The van der Waals surface area contributed by atoms with Crippen molar-refractivity contribution in [2.75, 3.05) is 26.7 Å². The van der Waals surface area contributed by atoms with Crippen molar-refractivity contribution < 1.29 is 13.2 Å². The first kappa shape index (κ1) is 20.6. The van der Waals surface area contributed by atoms with Gasteiger partial charge in [-0.05, 0) is 69.7 Å². The summed E-state index contributed by atoms with van der Waals surface area (Å²) in [7, 11) is -1.41. The normalized spacial score (nSPS) is 23.6. The summed E-state index contributed by atoms with van der Waals surface area (Å²) in [5, 5.41) is -0.326. The first-order chi connectivity index (χ1) is 12.9. The molecule has 152 valence electrons. The molecule has 0 radical (unpaired) electrons. The minimum Gasteiger partial charge on any atom is -0.497 e. The van der Waals surface area contributed by atoms with Gasteiger partial charge in [0.1, 0.15) is 5.75 Å². The maximum absolute atomic E-state index is 12.4. The molecule has 0 bridgehead atoms. The molecule has 0 aliphatic carbocycles. The second kappa shape index (κ2) is 8.93. The van der Waals surface area contributed by atoms with Gasteiger partial charge < -0.3 is 4.74 Å². The van der Waals surface area contributed by atoms with E-state index in [2.05, 4.69) is 23.1 Å². The predicted octanol–water partition coefficient (Wildman–Crippen LogP) is 3.50. The molecule has 2 fully saturated rings. The first-order valence-electron chi connectivity index (χ1n) is 10.3. The average Bonchev–Trinajstić information content (AvgIpc) is 2.68. The summed E-state index contributed by atoms with van der Waals surface area (Å²) in [6, 6.07) is 8.91. The number of piperidine rings is 2. The van der Waals surface area contributed by atoms with E-state index in [0.717, 1.165) is 31.7 Å². The number of nitrogens with zero attached hydrogens (tertiary/aromatic N) is 2. The van der Waals surface area contributed by atoms with Gasteiger partial charge in [0.05, 0.1) is 12.4 Å². The van der Waals surface area contributed by atoms with Crippen LogP contribution < -0.4 is 4.74 Å². The summed E-state index contributed by atoms with van der Waals surface area (Å²) >= 11 is 0. The number of sulfonamides is 1. The summed E-state index contributed by atoms with van der Waals surface area (Å²) in [6.45, 7) is 6.99. The first-order valence-corrected chi connectivity index (χ1v) is 11.8. The molecule has 1 atom stereocenters. The van der Waals surface area contributed by atoms with Gasteiger partial charge in [-0.1, -0.05) is 18.6 Å². The van der Waals surface area contributed by atoms with Gasteiger partial charge in [0.15, 0.2) is 0 Å². The molecular formula is C21H34N2O3S. The van der Waals surface area contributed by atoms with Crippen molar-refractivity contribution in [3.05, 3.63) is 29.8 Å². The quantitative estimate of drug-likeness (QED) is 0.741. The molecule has 3 rings (SSSR count). The monoisotopic (exact) mass is 394 g/mol. The number of rotatable bonds is 6. The van der Waals surface area contributed by atoms with Crippen LogP contribution in [0.4, 0.5) is 0 Å². The van der Waals surface area contributed by atoms with Crippen molar-refractivity contribution in [1.29, 1.82) is 0 Å². The maximum atomic E-state index is 12.4. The topological polar surface area (TPSA) is 49.9 Å². The molecule has 2 saturated heterocycles. The van der Waals surface area contributed by atoms with Gasteiger partial charge in [-0.25, -0.2) is 12.7 Å². The van der Waals surface area contributed by atoms with Crippen LogP contribution in [0.25, 0.3) is 0 Å². The molecule has 0 amide bonds. The number of benzene rings is 1. The fourth-order valence-electron chi connectivity index (χ4n) is 4.57. The van der Waals surface area contributed by atoms with Crippen LogP contribution in [-0.4, -0.2) is 55.7 Å². The zero-order valence-corrected chi connectivity index (χ0v) is 17.7. The van der Waals surface area contributed by atoms with Crippen molar-refractivity contribution in [3.8, 4) is 5.75 Å². The van der Waals surface area contributed by atoms with Gasteiger partial charge >= 0.3 is 0 Å². The highest BCUT2D eigenvalue weighted by atomic mass is 32.2. The zero-order chi connectivity index (χ0) is 19.4. The van der Waals surface area contributed by atoms with Crippen molar-refractivity contribution in [2.45, 2.75) is 63.8 Å². The average molecular weight is 395 g/mol. The van der Waals surface area contributed by atoms with E-state index in [-0.39, 0.29) is 5.25 Å². The molecule has 5 nitrogen and oxygen atoms in total. The Balaban J connectivity index is 1.64. The second-order valence-electron chi connectivity index (χ2n) is 8.22. The van der Waals surface area contributed by atoms with Crippen LogP contribution in [0, 0.1) is 5.92 Å². The Kier molecular flexibility index (Phi) is 6.82. The highest BCUT2D eigenvalue weighted by molar-refractivity contribution is 7.89. The van der Waals surface area contributed by atoms with Crippen molar-refractivity contribution in [3.63, 3.8) is 0 Å². The molecule has 0 aromatic heterocycles. The molecular weight excluding hydrogens is 360 g/mol. The lowest BCUT2D eigenvalue weighted by Crippen LogP contribution is -2.49. The minimum atomic E-state index is -3.12. The van der Waals surface area contributed by atoms with Crippen LogP contribution in [0.1, 0.15) is 51.5 Å². The molecule has 1 aromatic rings. The van der Waals surface area contributed by atoms with E-state index >= 15 is 0 Å². The van der Waals surface area contributed by atoms with E-state index in [0.29, 0.717) is 25.0 Å². The third-order valence-electron chi connectivity index (χ3n) is 6.18. The van der Waals surface area contributed by atoms with E-state index in [1.165, 1.54) is 24.8 Å². The number of ether oxygens (including phenoxy) is 1. The summed E-state index contributed by atoms with van der Waals surface area (Å²) in [4.78, 5) is 2.62. The van der Waals surface area contributed by atoms with Gasteiger partial charge in [0.25, 0.3) is 0 Å². The van der Waals surface area contributed by atoms with Gasteiger partial charge in [-0.3, -0.25) is 4.90 Å². The highest BCUT2D eigenvalue weighted by Crippen LogP contribution is 2.33. The van der Waals surface area contributed by atoms with Crippen LogP contribution in [0.5, 0.6) is 5.75 Å². The summed E-state index contributed by atoms with van der Waals surface area (Å²) in [6.07, 6.45) is 5.72. The molecule has 2 aliphatic heterocycles. The van der Waals surface area contributed by atoms with Gasteiger partial charge in [0, 0.05) is 25.7 Å². The van der Waals surface area contributed by atoms with Crippen LogP contribution >= 0.6 is 0 Å². The Hall–Kier alpha value is -1.11. The smallest absolute Gasteiger partial charge is 0.216 e. The Morgan fingerprint density at radius 1 is 1.11 bits per heavy atom. The van der Waals surface area contributed by atoms with Crippen molar-refractivity contribution in [1.82, 2.24) is 9.21 Å². The standard InChI is InChI=1S/C21H34N2O3S/c1-17(2)27(24,25)23-13-10-19(11-14-23)21-9-4-5-12-22(21)16-18-7-6-8-20(15-18)26-3/h6-8,15,17,19,21H,4-5,9-14,16H2,1-3H3. The molecule has 6 heteroatoms. The van der Waals surface area contributed by atoms with E-state index in [4.69, 9.17) is 4.74 Å². The number of methoxy groups -OCH3 is 1. The minimum absolute atomic E-state index is 0.326.